The summed E-state index contributed by atoms with van der Waals surface area (Å²) in [6.07, 6.45) is 7.06. The van der Waals surface area contributed by atoms with E-state index in [0.29, 0.717) is 6.42 Å². The minimum absolute atomic E-state index is 0.0187. The summed E-state index contributed by atoms with van der Waals surface area (Å²) in [6, 6.07) is 13.1. The van der Waals surface area contributed by atoms with Crippen molar-refractivity contribution >= 4 is 27.7 Å². The van der Waals surface area contributed by atoms with Crippen LogP contribution in [0.3, 0.4) is 0 Å². The number of rotatable bonds is 5. The molecule has 3 N–H and O–H groups in total. The number of nitrogens with one attached hydrogen (secondary N) is 3. The van der Waals surface area contributed by atoms with Gasteiger partial charge in [0.15, 0.2) is 0 Å². The lowest BCUT2D eigenvalue weighted by molar-refractivity contribution is -0.122. The van der Waals surface area contributed by atoms with Crippen molar-refractivity contribution in [2.24, 2.45) is 0 Å². The minimum atomic E-state index is -0.220. The average Bonchev–Trinajstić information content (AvgIpc) is 3.30. The number of carbonyl (C=O) groups excluding carboxylic acids is 1. The average molecular weight is 389 g/mol. The Hall–Kier alpha value is -3.08. The van der Waals surface area contributed by atoms with Gasteiger partial charge >= 0.3 is 0 Å². The van der Waals surface area contributed by atoms with E-state index in [1.807, 2.05) is 18.3 Å². The summed E-state index contributed by atoms with van der Waals surface area (Å²) in [5, 5.41) is 5.37. The Morgan fingerprint density at radius 2 is 2.03 bits per heavy atom. The first kappa shape index (κ1) is 18.0. The highest BCUT2D eigenvalue weighted by Crippen LogP contribution is 2.35. The summed E-state index contributed by atoms with van der Waals surface area (Å²) in [4.78, 5) is 19.3. The molecule has 4 nitrogen and oxygen atoms in total. The largest absolute Gasteiger partial charge is 0.361 e. The van der Waals surface area contributed by atoms with Crippen molar-refractivity contribution in [2.45, 2.75) is 44.6 Å². The van der Waals surface area contributed by atoms with Crippen LogP contribution in [0.4, 0.5) is 4.39 Å². The fourth-order valence-electron chi connectivity index (χ4n) is 4.62. The molecule has 0 radical (unpaired) electrons. The maximum Gasteiger partial charge on any atom is 0.220 e. The number of hydrogen-bond acceptors (Lipinski definition) is 1. The number of para-hydroxylation sites is 1. The van der Waals surface area contributed by atoms with Crippen molar-refractivity contribution in [3.05, 3.63) is 71.3 Å². The first-order chi connectivity index (χ1) is 14.2. The topological polar surface area (TPSA) is 60.7 Å². The van der Waals surface area contributed by atoms with E-state index >= 15 is 0 Å². The number of aryl methyl sites for hydroxylation is 2. The zero-order valence-electron chi connectivity index (χ0n) is 16.2. The number of halogens is 1. The Balaban J connectivity index is 1.24. The Morgan fingerprint density at radius 1 is 1.14 bits per heavy atom. The molecule has 148 valence electrons. The predicted molar refractivity (Wildman–Crippen MR) is 113 cm³/mol. The number of hydrogen-bond donors (Lipinski definition) is 3. The zero-order valence-corrected chi connectivity index (χ0v) is 16.2. The Labute approximate surface area is 168 Å². The highest BCUT2D eigenvalue weighted by Gasteiger charge is 2.25. The molecule has 0 saturated heterocycles. The smallest absolute Gasteiger partial charge is 0.220 e. The molecular formula is C24H24FN3O. The van der Waals surface area contributed by atoms with E-state index in [-0.39, 0.29) is 17.8 Å². The third kappa shape index (κ3) is 3.41. The first-order valence-corrected chi connectivity index (χ1v) is 10.3. The molecule has 0 aliphatic heterocycles. The molecule has 5 rings (SSSR count). The molecule has 2 aromatic carbocycles. The lowest BCUT2D eigenvalue weighted by atomic mass is 9.91. The van der Waals surface area contributed by atoms with E-state index in [1.54, 1.807) is 12.1 Å². The van der Waals surface area contributed by atoms with E-state index in [1.165, 1.54) is 17.0 Å². The van der Waals surface area contributed by atoms with Gasteiger partial charge in [-0.05, 0) is 67.5 Å². The van der Waals surface area contributed by atoms with Crippen LogP contribution in [0.2, 0.25) is 0 Å². The minimum Gasteiger partial charge on any atom is -0.361 e. The van der Waals surface area contributed by atoms with Crippen LogP contribution in [0.15, 0.2) is 48.7 Å². The third-order valence-corrected chi connectivity index (χ3v) is 6.03. The maximum absolute atomic E-state index is 13.7. The van der Waals surface area contributed by atoms with Crippen molar-refractivity contribution < 1.29 is 9.18 Å². The lowest BCUT2D eigenvalue weighted by Crippen LogP contribution is -2.30. The fourth-order valence-corrected chi connectivity index (χ4v) is 4.62. The van der Waals surface area contributed by atoms with E-state index < -0.39 is 0 Å². The van der Waals surface area contributed by atoms with E-state index in [0.717, 1.165) is 59.8 Å². The van der Waals surface area contributed by atoms with Crippen LogP contribution in [0.5, 0.6) is 0 Å². The van der Waals surface area contributed by atoms with Crippen molar-refractivity contribution in [3.63, 3.8) is 0 Å². The molecule has 2 aromatic heterocycles. The highest BCUT2D eigenvalue weighted by molar-refractivity contribution is 5.86. The highest BCUT2D eigenvalue weighted by atomic mass is 19.1. The maximum atomic E-state index is 13.7. The molecule has 1 unspecified atom stereocenters. The second-order valence-electron chi connectivity index (χ2n) is 7.93. The molecule has 0 saturated carbocycles. The fraction of sp³-hybridized carbons (Fsp3) is 0.292. The molecule has 0 spiro atoms. The molecule has 1 aliphatic carbocycles. The van der Waals surface area contributed by atoms with Crippen molar-refractivity contribution in [2.75, 3.05) is 0 Å². The van der Waals surface area contributed by atoms with E-state index in [2.05, 4.69) is 27.4 Å². The summed E-state index contributed by atoms with van der Waals surface area (Å²) in [5.74, 6) is -0.143. The standard InChI is InChI=1S/C24H24FN3O/c25-16-11-12-21-19(13-16)18-7-4-9-22(24(18)28-21)27-23(29)10-3-5-15-14-26-20-8-2-1-6-17(15)20/h1-2,6,8,11-14,22,26,28H,3-5,7,9-10H2,(H,27,29). The number of benzene rings is 2. The molecule has 29 heavy (non-hydrogen) atoms. The summed E-state index contributed by atoms with van der Waals surface area (Å²) in [7, 11) is 0. The summed E-state index contributed by atoms with van der Waals surface area (Å²) < 4.78 is 13.7. The van der Waals surface area contributed by atoms with Gasteiger partial charge in [0.05, 0.1) is 6.04 Å². The van der Waals surface area contributed by atoms with Crippen LogP contribution >= 0.6 is 0 Å². The van der Waals surface area contributed by atoms with E-state index in [9.17, 15) is 9.18 Å². The molecular weight excluding hydrogens is 365 g/mol. The number of aromatic amines is 2. The van der Waals surface area contributed by atoms with Crippen molar-refractivity contribution in [1.29, 1.82) is 0 Å². The quantitative estimate of drug-likeness (QED) is 0.426. The van der Waals surface area contributed by atoms with Gasteiger partial charge in [0, 0.05) is 40.1 Å². The van der Waals surface area contributed by atoms with Gasteiger partial charge in [-0.25, -0.2) is 4.39 Å². The molecule has 0 fully saturated rings. The summed E-state index contributed by atoms with van der Waals surface area (Å²) in [5.41, 5.74) is 5.52. The van der Waals surface area contributed by atoms with Gasteiger partial charge in [-0.3, -0.25) is 4.79 Å². The molecule has 5 heteroatoms. The van der Waals surface area contributed by atoms with Crippen molar-refractivity contribution in [3.8, 4) is 0 Å². The molecule has 2 heterocycles. The van der Waals surface area contributed by atoms with Gasteiger partial charge in [0.1, 0.15) is 5.82 Å². The summed E-state index contributed by atoms with van der Waals surface area (Å²) >= 11 is 0. The molecule has 1 aliphatic rings. The number of amides is 1. The number of aromatic nitrogens is 2. The number of fused-ring (bicyclic) bond motifs is 4. The van der Waals surface area contributed by atoms with Gasteiger partial charge in [-0.15, -0.1) is 0 Å². The number of carbonyl (C=O) groups is 1. The summed E-state index contributed by atoms with van der Waals surface area (Å²) in [6.45, 7) is 0. The predicted octanol–water partition coefficient (Wildman–Crippen LogP) is 5.30. The second kappa shape index (κ2) is 7.39. The third-order valence-electron chi connectivity index (χ3n) is 6.03. The Kier molecular flexibility index (Phi) is 4.58. The van der Waals surface area contributed by atoms with Gasteiger partial charge in [-0.1, -0.05) is 18.2 Å². The molecule has 0 bridgehead atoms. The molecule has 1 atom stereocenters. The second-order valence-corrected chi connectivity index (χ2v) is 7.93. The van der Waals surface area contributed by atoms with Gasteiger partial charge in [0.25, 0.3) is 0 Å². The van der Waals surface area contributed by atoms with Crippen LogP contribution in [0.1, 0.15) is 48.5 Å². The van der Waals surface area contributed by atoms with Crippen LogP contribution in [-0.4, -0.2) is 15.9 Å². The van der Waals surface area contributed by atoms with Gasteiger partial charge in [0.2, 0.25) is 5.91 Å². The van der Waals surface area contributed by atoms with E-state index in [4.69, 9.17) is 0 Å². The number of H-pyrrole nitrogens is 2. The first-order valence-electron chi connectivity index (χ1n) is 10.3. The van der Waals surface area contributed by atoms with Crippen molar-refractivity contribution in [1.82, 2.24) is 15.3 Å². The molecule has 1 amide bonds. The monoisotopic (exact) mass is 389 g/mol. The normalized spacial score (nSPS) is 16.2. The van der Waals surface area contributed by atoms with Crippen LogP contribution in [0.25, 0.3) is 21.8 Å². The van der Waals surface area contributed by atoms with Crippen LogP contribution in [-0.2, 0) is 17.6 Å². The Morgan fingerprint density at radius 3 is 2.97 bits per heavy atom. The SMILES string of the molecule is O=C(CCCc1c[nH]c2ccccc12)NC1CCCc2c1[nH]c1ccc(F)cc21. The lowest BCUT2D eigenvalue weighted by Gasteiger charge is -2.24. The Bertz CT molecular complexity index is 1190. The molecule has 4 aromatic rings. The van der Waals surface area contributed by atoms with Crippen LogP contribution < -0.4 is 5.32 Å². The van der Waals surface area contributed by atoms with Gasteiger partial charge < -0.3 is 15.3 Å². The zero-order chi connectivity index (χ0) is 19.8. The van der Waals surface area contributed by atoms with Gasteiger partial charge in [-0.2, -0.15) is 0 Å². The van der Waals surface area contributed by atoms with Crippen LogP contribution in [0, 0.1) is 5.82 Å².